The third-order valence-electron chi connectivity index (χ3n) is 3.97. The van der Waals surface area contributed by atoms with Gasteiger partial charge >= 0.3 is 5.97 Å². The lowest BCUT2D eigenvalue weighted by atomic mass is 9.93. The number of carbonyl (C=O) groups is 2. The topological polar surface area (TPSA) is 94.1 Å². The normalized spacial score (nSPS) is 19.8. The largest absolute Gasteiger partial charge is 0.481 e. The van der Waals surface area contributed by atoms with Gasteiger partial charge in [0.15, 0.2) is 0 Å². The Labute approximate surface area is 145 Å². The van der Waals surface area contributed by atoms with Gasteiger partial charge in [-0.3, -0.25) is 9.59 Å². The quantitative estimate of drug-likeness (QED) is 0.650. The average Bonchev–Trinajstić information content (AvgIpc) is 3.00. The fourth-order valence-corrected chi connectivity index (χ4v) is 2.64. The Morgan fingerprint density at radius 1 is 1.40 bits per heavy atom. The number of rotatable bonds is 9. The second-order valence-corrected chi connectivity index (χ2v) is 5.96. The molecule has 2 rings (SSSR count). The highest BCUT2D eigenvalue weighted by molar-refractivity contribution is 5.95. The van der Waals surface area contributed by atoms with Crippen molar-refractivity contribution >= 4 is 11.9 Å². The smallest absolute Gasteiger partial charge is 0.305 e. The van der Waals surface area contributed by atoms with Crippen molar-refractivity contribution in [3.05, 3.63) is 35.1 Å². The van der Waals surface area contributed by atoms with Gasteiger partial charge < -0.3 is 24.6 Å². The number of carboxylic acid groups (broad SMARTS) is 1. The van der Waals surface area contributed by atoms with Crippen molar-refractivity contribution in [2.24, 2.45) is 0 Å². The molecule has 1 fully saturated rings. The van der Waals surface area contributed by atoms with Gasteiger partial charge in [0.1, 0.15) is 5.82 Å². The Kier molecular flexibility index (Phi) is 6.86. The molecule has 2 N–H and O–H groups in total. The van der Waals surface area contributed by atoms with E-state index in [0.29, 0.717) is 26.2 Å². The van der Waals surface area contributed by atoms with E-state index in [4.69, 9.17) is 19.3 Å². The van der Waals surface area contributed by atoms with Crippen molar-refractivity contribution in [2.75, 3.05) is 33.5 Å². The fraction of sp³-hybridized carbons (Fsp3) is 0.529. The molecule has 0 bridgehead atoms. The van der Waals surface area contributed by atoms with Crippen LogP contribution in [0.25, 0.3) is 0 Å². The molecule has 1 aliphatic heterocycles. The molecule has 0 saturated carbocycles. The second-order valence-electron chi connectivity index (χ2n) is 5.96. The Balaban J connectivity index is 2.06. The minimum atomic E-state index is -1.02. The molecule has 1 atom stereocenters. The Morgan fingerprint density at radius 2 is 2.20 bits per heavy atom. The van der Waals surface area contributed by atoms with Gasteiger partial charge in [0.2, 0.25) is 0 Å². The van der Waals surface area contributed by atoms with Crippen molar-refractivity contribution in [2.45, 2.75) is 25.0 Å². The van der Waals surface area contributed by atoms with Gasteiger partial charge in [-0.1, -0.05) is 0 Å². The third kappa shape index (κ3) is 5.48. The maximum Gasteiger partial charge on any atom is 0.305 e. The molecule has 25 heavy (non-hydrogen) atoms. The van der Waals surface area contributed by atoms with Crippen LogP contribution in [0.5, 0.6) is 0 Å². The number of carboxylic acids is 1. The number of carbonyl (C=O) groups excluding carboxylic acids is 1. The van der Waals surface area contributed by atoms with Crippen LogP contribution in [0.15, 0.2) is 18.2 Å². The summed E-state index contributed by atoms with van der Waals surface area (Å²) in [4.78, 5) is 23.5. The molecule has 1 amide bonds. The van der Waals surface area contributed by atoms with Crippen LogP contribution in [0.2, 0.25) is 0 Å². The van der Waals surface area contributed by atoms with E-state index < -0.39 is 23.2 Å². The maximum absolute atomic E-state index is 13.9. The summed E-state index contributed by atoms with van der Waals surface area (Å²) in [6.45, 7) is 1.24. The molecule has 1 aromatic carbocycles. The van der Waals surface area contributed by atoms with Gasteiger partial charge in [0.05, 0.1) is 38.4 Å². The van der Waals surface area contributed by atoms with Gasteiger partial charge in [-0.05, 0) is 24.6 Å². The number of nitrogens with one attached hydrogen (secondary N) is 1. The lowest BCUT2D eigenvalue weighted by molar-refractivity contribution is -0.138. The highest BCUT2D eigenvalue weighted by Crippen LogP contribution is 2.23. The van der Waals surface area contributed by atoms with Crippen LogP contribution < -0.4 is 5.32 Å². The minimum absolute atomic E-state index is 0.0136. The highest BCUT2D eigenvalue weighted by atomic mass is 19.1. The molecule has 138 valence electrons. The summed E-state index contributed by atoms with van der Waals surface area (Å²) in [5, 5.41) is 11.8. The van der Waals surface area contributed by atoms with Crippen molar-refractivity contribution in [3.8, 4) is 0 Å². The van der Waals surface area contributed by atoms with Gasteiger partial charge in [0, 0.05) is 24.8 Å². The first-order valence-electron chi connectivity index (χ1n) is 7.93. The van der Waals surface area contributed by atoms with Crippen molar-refractivity contribution in [1.29, 1.82) is 0 Å². The monoisotopic (exact) mass is 355 g/mol. The predicted octanol–water partition coefficient (Wildman–Crippen LogP) is 1.35. The molecule has 0 spiro atoms. The first-order chi connectivity index (χ1) is 12.0. The molecular weight excluding hydrogens is 333 g/mol. The standard InChI is InChI=1S/C17H22FNO6/c1-23-6-7-24-10-13-8-12(2-3-14(13)18)16(22)19-17(9-15(20)21)4-5-25-11-17/h2-3,8H,4-7,9-11H2,1H3,(H,19,22)(H,20,21). The molecule has 7 nitrogen and oxygen atoms in total. The maximum atomic E-state index is 13.9. The molecule has 1 saturated heterocycles. The van der Waals surface area contributed by atoms with E-state index in [-0.39, 0.29) is 30.8 Å². The lowest BCUT2D eigenvalue weighted by Crippen LogP contribution is -2.50. The second kappa shape index (κ2) is 8.89. The first kappa shape index (κ1) is 19.3. The molecule has 1 aliphatic rings. The van der Waals surface area contributed by atoms with Crippen LogP contribution in [0, 0.1) is 5.82 Å². The number of methoxy groups -OCH3 is 1. The van der Waals surface area contributed by atoms with Crippen LogP contribution in [0.1, 0.15) is 28.8 Å². The molecular formula is C17H22FNO6. The summed E-state index contributed by atoms with van der Waals surface area (Å²) >= 11 is 0. The number of aliphatic carboxylic acids is 1. The molecule has 0 radical (unpaired) electrons. The summed E-state index contributed by atoms with van der Waals surface area (Å²) in [5.74, 6) is -1.96. The number of benzene rings is 1. The molecule has 0 aromatic heterocycles. The number of hydrogen-bond donors (Lipinski definition) is 2. The summed E-state index contributed by atoms with van der Waals surface area (Å²) in [5.41, 5.74) is -0.450. The predicted molar refractivity (Wildman–Crippen MR) is 85.8 cm³/mol. The Bertz CT molecular complexity index is 615. The van der Waals surface area contributed by atoms with E-state index in [1.807, 2.05) is 0 Å². The number of halogens is 1. The zero-order chi connectivity index (χ0) is 18.3. The van der Waals surface area contributed by atoms with Crippen LogP contribution in [-0.4, -0.2) is 56.1 Å². The van der Waals surface area contributed by atoms with E-state index in [2.05, 4.69) is 5.32 Å². The SMILES string of the molecule is COCCOCc1cc(C(=O)NC2(CC(=O)O)CCOC2)ccc1F. The minimum Gasteiger partial charge on any atom is -0.481 e. The summed E-state index contributed by atoms with van der Waals surface area (Å²) < 4.78 is 29.2. The molecule has 8 heteroatoms. The molecule has 1 aromatic rings. The summed E-state index contributed by atoms with van der Waals surface area (Å²) in [6.07, 6.45) is 0.187. The summed E-state index contributed by atoms with van der Waals surface area (Å²) in [7, 11) is 1.54. The van der Waals surface area contributed by atoms with Crippen molar-refractivity contribution in [1.82, 2.24) is 5.32 Å². The zero-order valence-electron chi connectivity index (χ0n) is 14.0. The average molecular weight is 355 g/mol. The third-order valence-corrected chi connectivity index (χ3v) is 3.97. The highest BCUT2D eigenvalue weighted by Gasteiger charge is 2.38. The molecule has 1 unspecified atom stereocenters. The van der Waals surface area contributed by atoms with Gasteiger partial charge in [0.25, 0.3) is 5.91 Å². The zero-order valence-corrected chi connectivity index (χ0v) is 14.0. The summed E-state index contributed by atoms with van der Waals surface area (Å²) in [6, 6.07) is 3.95. The number of ether oxygens (including phenoxy) is 3. The first-order valence-corrected chi connectivity index (χ1v) is 7.93. The van der Waals surface area contributed by atoms with E-state index in [1.165, 1.54) is 25.3 Å². The van der Waals surface area contributed by atoms with E-state index in [9.17, 15) is 14.0 Å². The molecule has 0 aliphatic carbocycles. The Hall–Kier alpha value is -2.03. The van der Waals surface area contributed by atoms with Gasteiger partial charge in [-0.15, -0.1) is 0 Å². The van der Waals surface area contributed by atoms with Gasteiger partial charge in [-0.25, -0.2) is 4.39 Å². The van der Waals surface area contributed by atoms with Crippen LogP contribution >= 0.6 is 0 Å². The lowest BCUT2D eigenvalue weighted by Gasteiger charge is -2.27. The van der Waals surface area contributed by atoms with Crippen molar-refractivity contribution < 1.29 is 33.3 Å². The van der Waals surface area contributed by atoms with Crippen LogP contribution in [0.3, 0.4) is 0 Å². The van der Waals surface area contributed by atoms with Crippen molar-refractivity contribution in [3.63, 3.8) is 0 Å². The Morgan fingerprint density at radius 3 is 2.84 bits per heavy atom. The van der Waals surface area contributed by atoms with Gasteiger partial charge in [-0.2, -0.15) is 0 Å². The van der Waals surface area contributed by atoms with Crippen LogP contribution in [0.4, 0.5) is 4.39 Å². The van der Waals surface area contributed by atoms with E-state index >= 15 is 0 Å². The number of amides is 1. The van der Waals surface area contributed by atoms with Crippen LogP contribution in [-0.2, 0) is 25.6 Å². The fourth-order valence-electron chi connectivity index (χ4n) is 2.64. The molecule has 1 heterocycles. The van der Waals surface area contributed by atoms with E-state index in [1.54, 1.807) is 0 Å². The number of hydrogen-bond acceptors (Lipinski definition) is 5. The van der Waals surface area contributed by atoms with E-state index in [0.717, 1.165) is 0 Å².